The molecule has 0 radical (unpaired) electrons. The van der Waals surface area contributed by atoms with Crippen LogP contribution in [0.2, 0.25) is 0 Å². The van der Waals surface area contributed by atoms with E-state index in [9.17, 15) is 0 Å². The van der Waals surface area contributed by atoms with Crippen LogP contribution in [0.5, 0.6) is 0 Å². The van der Waals surface area contributed by atoms with Crippen LogP contribution in [0.15, 0.2) is 26.0 Å². The summed E-state index contributed by atoms with van der Waals surface area (Å²) in [6.45, 7) is 0. The molecule has 1 heterocycles. The monoisotopic (exact) mass is 531 g/mol. The molecule has 0 unspecified atom stereocenters. The highest BCUT2D eigenvalue weighted by Crippen LogP contribution is 2.38. The van der Waals surface area contributed by atoms with Gasteiger partial charge in [0.1, 0.15) is 0 Å². The molecule has 0 spiro atoms. The molecule has 0 atom stereocenters. The van der Waals surface area contributed by atoms with Crippen LogP contribution < -0.4 is 19.6 Å². The van der Waals surface area contributed by atoms with Crippen LogP contribution in [0.1, 0.15) is 0 Å². The first-order valence-corrected chi connectivity index (χ1v) is 12.3. The van der Waals surface area contributed by atoms with E-state index in [1.807, 2.05) is 124 Å². The smallest absolute Gasteiger partial charge is 0.201 e. The maximum absolute atomic E-state index is 5.28. The van der Waals surface area contributed by atoms with Gasteiger partial charge in [-0.2, -0.15) is 0 Å². The van der Waals surface area contributed by atoms with Crippen molar-refractivity contribution in [3.05, 3.63) is 6.07 Å². The average Bonchev–Trinajstić information content (AvgIpc) is 2.83. The Labute approximate surface area is 230 Å². The average molecular weight is 532 g/mol. The van der Waals surface area contributed by atoms with Crippen molar-refractivity contribution >= 4 is 46.8 Å². The Morgan fingerprint density at radius 3 is 0.895 bits per heavy atom. The van der Waals surface area contributed by atoms with Gasteiger partial charge in [-0.15, -0.1) is 0 Å². The molecule has 0 saturated heterocycles. The number of aliphatic imine (C=N–C) groups is 4. The van der Waals surface area contributed by atoms with E-state index < -0.39 is 0 Å². The normalized spacial score (nSPS) is 12.8. The van der Waals surface area contributed by atoms with Gasteiger partial charge in [0.25, 0.3) is 0 Å². The van der Waals surface area contributed by atoms with E-state index >= 15 is 0 Å². The van der Waals surface area contributed by atoms with E-state index in [-0.39, 0.29) is 0 Å². The second kappa shape index (κ2) is 13.7. The number of anilines is 4. The zero-order valence-electron chi connectivity index (χ0n) is 26.4. The summed E-state index contributed by atoms with van der Waals surface area (Å²) in [7, 11) is 30.8. The molecule has 38 heavy (non-hydrogen) atoms. The lowest BCUT2D eigenvalue weighted by molar-refractivity contribution is 0.602. The number of nitrogens with zero attached hydrogens (tertiary/aromatic N) is 13. The molecule has 0 fully saturated rings. The van der Waals surface area contributed by atoms with Gasteiger partial charge in [-0.3, -0.25) is 29.8 Å². The van der Waals surface area contributed by atoms with Crippen molar-refractivity contribution in [1.82, 2.24) is 24.6 Å². The topological polar surface area (TPSA) is 88.2 Å². The molecule has 0 saturated carbocycles. The molecular weight excluding hydrogens is 482 g/mol. The van der Waals surface area contributed by atoms with Crippen molar-refractivity contribution in [2.75, 3.05) is 132 Å². The first kappa shape index (κ1) is 32.3. The third kappa shape index (κ3) is 6.75. The van der Waals surface area contributed by atoms with E-state index in [1.165, 1.54) is 0 Å². The van der Waals surface area contributed by atoms with E-state index in [4.69, 9.17) is 4.98 Å². The van der Waals surface area contributed by atoms with Crippen LogP contribution in [0, 0.1) is 0 Å². The zero-order chi connectivity index (χ0) is 29.5. The van der Waals surface area contributed by atoms with Gasteiger partial charge in [0.05, 0.1) is 11.4 Å². The number of hydrogen-bond donors (Lipinski definition) is 0. The first-order valence-electron chi connectivity index (χ1n) is 12.3. The fourth-order valence-corrected chi connectivity index (χ4v) is 4.47. The summed E-state index contributed by atoms with van der Waals surface area (Å²) in [5.74, 6) is 4.47. The van der Waals surface area contributed by atoms with Gasteiger partial charge >= 0.3 is 0 Å². The largest absolute Gasteiger partial charge is 0.349 e. The minimum atomic E-state index is 0.706. The minimum Gasteiger partial charge on any atom is -0.349 e. The van der Waals surface area contributed by atoms with Crippen molar-refractivity contribution in [2.24, 2.45) is 20.0 Å². The molecule has 0 aliphatic rings. The molecule has 1 aromatic heterocycles. The Hall–Kier alpha value is -3.77. The molecule has 0 bridgehead atoms. The Morgan fingerprint density at radius 1 is 0.447 bits per heavy atom. The quantitative estimate of drug-likeness (QED) is 0.417. The second-order valence-electron chi connectivity index (χ2n) is 9.58. The summed E-state index contributed by atoms with van der Waals surface area (Å²) < 4.78 is 0. The molecule has 13 nitrogen and oxygen atoms in total. The van der Waals surface area contributed by atoms with Crippen LogP contribution in [0.25, 0.3) is 0 Å². The van der Waals surface area contributed by atoms with Crippen LogP contribution in [0.3, 0.4) is 0 Å². The molecule has 0 N–H and O–H groups in total. The number of rotatable bonds is 4. The van der Waals surface area contributed by atoms with Gasteiger partial charge in [-0.05, 0) is 6.07 Å². The van der Waals surface area contributed by atoms with Crippen molar-refractivity contribution in [3.8, 4) is 0 Å². The molecule has 0 amide bonds. The summed E-state index contributed by atoms with van der Waals surface area (Å²) in [6.07, 6.45) is 0. The van der Waals surface area contributed by atoms with Gasteiger partial charge in [0.15, 0.2) is 23.6 Å². The highest BCUT2D eigenvalue weighted by Gasteiger charge is 2.29. The van der Waals surface area contributed by atoms with Gasteiger partial charge in [0, 0.05) is 113 Å². The lowest BCUT2D eigenvalue weighted by Crippen LogP contribution is -2.44. The SMILES string of the molecule is CN=C(N(C)C)N(C)c1cc(N(C)C(=NC)N(C)C)c(N(C)C(=NC)N(C)C)nc1N(C)C(=NC)N(C)C. The minimum absolute atomic E-state index is 0.706. The molecule has 0 aliphatic heterocycles. The van der Waals surface area contributed by atoms with Crippen LogP contribution >= 0.6 is 0 Å². The fraction of sp³-hybridized carbons (Fsp3) is 0.640. The van der Waals surface area contributed by atoms with E-state index in [1.54, 1.807) is 28.2 Å². The lowest BCUT2D eigenvalue weighted by atomic mass is 10.2. The second-order valence-corrected chi connectivity index (χ2v) is 9.58. The van der Waals surface area contributed by atoms with Crippen LogP contribution in [-0.4, -0.2) is 161 Å². The van der Waals surface area contributed by atoms with Crippen LogP contribution in [-0.2, 0) is 0 Å². The summed E-state index contributed by atoms with van der Waals surface area (Å²) in [5.41, 5.74) is 1.69. The first-order chi connectivity index (χ1) is 17.7. The third-order valence-corrected chi connectivity index (χ3v) is 5.90. The maximum Gasteiger partial charge on any atom is 0.201 e. The predicted molar refractivity (Wildman–Crippen MR) is 166 cm³/mol. The number of guanidine groups is 4. The van der Waals surface area contributed by atoms with E-state index in [0.29, 0.717) is 11.6 Å². The molecule has 1 aromatic rings. The summed E-state index contributed by atoms with van der Waals surface area (Å²) in [6, 6.07) is 2.11. The number of hydrogen-bond acceptors (Lipinski definition) is 5. The van der Waals surface area contributed by atoms with Crippen LogP contribution in [0.4, 0.5) is 23.0 Å². The van der Waals surface area contributed by atoms with E-state index in [0.717, 1.165) is 35.2 Å². The summed E-state index contributed by atoms with van der Waals surface area (Å²) in [4.78, 5) is 39.3. The fourth-order valence-electron chi connectivity index (χ4n) is 4.47. The highest BCUT2D eigenvalue weighted by atomic mass is 15.4. The molecule has 0 aromatic carbocycles. The zero-order valence-corrected chi connectivity index (χ0v) is 26.4. The van der Waals surface area contributed by atoms with Crippen molar-refractivity contribution in [3.63, 3.8) is 0 Å². The van der Waals surface area contributed by atoms with Gasteiger partial charge < -0.3 is 29.4 Å². The van der Waals surface area contributed by atoms with E-state index in [2.05, 4.69) is 26.0 Å². The third-order valence-electron chi connectivity index (χ3n) is 5.90. The Kier molecular flexibility index (Phi) is 11.6. The molecule has 214 valence electrons. The molecule has 13 heteroatoms. The predicted octanol–water partition coefficient (Wildman–Crippen LogP) is 1.02. The molecule has 1 rings (SSSR count). The van der Waals surface area contributed by atoms with Gasteiger partial charge in [-0.25, -0.2) is 4.98 Å². The Morgan fingerprint density at radius 2 is 0.684 bits per heavy atom. The maximum atomic E-state index is 5.28. The highest BCUT2D eigenvalue weighted by molar-refractivity contribution is 6.08. The Bertz CT molecular complexity index is 891. The van der Waals surface area contributed by atoms with Gasteiger partial charge in [0.2, 0.25) is 11.9 Å². The lowest BCUT2D eigenvalue weighted by Gasteiger charge is -2.36. The standard InChI is InChI=1S/C25H49N13/c1-26-22(31(5)6)35(13)18-17-19(36(14)23(27-2)32(7)8)21(38(16)25(29-4)34(11)12)30-20(18)37(15)24(28-3)33(9)10/h17H,1-16H3. The van der Waals surface area contributed by atoms with Gasteiger partial charge in [-0.1, -0.05) is 0 Å². The molecular formula is C25H49N13. The Balaban J connectivity index is 4.26. The van der Waals surface area contributed by atoms with Crippen molar-refractivity contribution < 1.29 is 0 Å². The van der Waals surface area contributed by atoms with Crippen molar-refractivity contribution in [2.45, 2.75) is 0 Å². The molecule has 0 aliphatic carbocycles. The summed E-state index contributed by atoms with van der Waals surface area (Å²) >= 11 is 0. The number of aromatic nitrogens is 1. The number of pyridine rings is 1. The van der Waals surface area contributed by atoms with Crippen molar-refractivity contribution in [1.29, 1.82) is 0 Å². The summed E-state index contributed by atoms with van der Waals surface area (Å²) in [5, 5.41) is 0.